The fraction of sp³-hybridized carbons (Fsp3) is 0.533. The lowest BCUT2D eigenvalue weighted by Crippen LogP contribution is -2.37. The predicted molar refractivity (Wildman–Crippen MR) is 84.9 cm³/mol. The lowest BCUT2D eigenvalue weighted by Gasteiger charge is -2.28. The molecule has 0 unspecified atom stereocenters. The Kier molecular flexibility index (Phi) is 5.04. The van der Waals surface area contributed by atoms with E-state index in [1.807, 2.05) is 5.38 Å². The molecule has 8 heteroatoms. The fourth-order valence-electron chi connectivity index (χ4n) is 2.68. The van der Waals surface area contributed by atoms with Crippen LogP contribution in [0, 0.1) is 0 Å². The molecular weight excluding hydrogens is 316 g/mol. The van der Waals surface area contributed by atoms with E-state index in [2.05, 4.69) is 15.0 Å². The molecule has 1 N–H and O–H groups in total. The van der Waals surface area contributed by atoms with Crippen molar-refractivity contribution in [3.05, 3.63) is 34.1 Å². The maximum Gasteiger partial charge on any atom is 0.276 e. The average molecular weight is 336 g/mol. The van der Waals surface area contributed by atoms with E-state index in [1.54, 1.807) is 24.2 Å². The molecule has 3 heterocycles. The average Bonchev–Trinajstić information content (AvgIpc) is 3.18. The van der Waals surface area contributed by atoms with Crippen LogP contribution in [0.5, 0.6) is 0 Å². The van der Waals surface area contributed by atoms with Crippen LogP contribution < -0.4 is 0 Å². The Labute approximate surface area is 138 Å². The van der Waals surface area contributed by atoms with E-state index >= 15 is 0 Å². The molecule has 0 spiro atoms. The quantitative estimate of drug-likeness (QED) is 0.888. The Hall–Kier alpha value is -1.77. The Bertz CT molecular complexity index is 643. The van der Waals surface area contributed by atoms with Crippen molar-refractivity contribution in [1.82, 2.24) is 19.9 Å². The van der Waals surface area contributed by atoms with Gasteiger partial charge in [-0.3, -0.25) is 9.69 Å². The molecule has 23 heavy (non-hydrogen) atoms. The number of piperidine rings is 1. The first kappa shape index (κ1) is 16.1. The van der Waals surface area contributed by atoms with Crippen molar-refractivity contribution in [2.75, 3.05) is 20.1 Å². The van der Waals surface area contributed by atoms with Gasteiger partial charge in [-0.15, -0.1) is 11.3 Å². The summed E-state index contributed by atoms with van der Waals surface area (Å²) in [5.41, 5.74) is 0.302. The number of β-amino-alcohol motifs (C(OH)–C–C–N with tert-alkyl or cyclic N) is 1. The van der Waals surface area contributed by atoms with Crippen molar-refractivity contribution in [2.45, 2.75) is 32.0 Å². The Morgan fingerprint density at radius 2 is 2.48 bits per heavy atom. The first-order valence-corrected chi connectivity index (χ1v) is 8.49. The topological polar surface area (TPSA) is 82.7 Å². The first-order chi connectivity index (χ1) is 11.1. The summed E-state index contributed by atoms with van der Waals surface area (Å²) in [6, 6.07) is 1.68. The second kappa shape index (κ2) is 7.20. The summed E-state index contributed by atoms with van der Waals surface area (Å²) in [6.07, 6.45) is 3.26. The molecule has 124 valence electrons. The minimum Gasteiger partial charge on any atom is -0.392 e. The van der Waals surface area contributed by atoms with E-state index in [-0.39, 0.29) is 12.0 Å². The van der Waals surface area contributed by atoms with Crippen LogP contribution in [0.3, 0.4) is 0 Å². The van der Waals surface area contributed by atoms with Gasteiger partial charge in [-0.05, 0) is 19.4 Å². The van der Waals surface area contributed by atoms with Crippen molar-refractivity contribution in [1.29, 1.82) is 0 Å². The van der Waals surface area contributed by atoms with Crippen LogP contribution in [-0.2, 0) is 13.1 Å². The number of carbonyl (C=O) groups is 1. The van der Waals surface area contributed by atoms with E-state index < -0.39 is 0 Å². The van der Waals surface area contributed by atoms with E-state index in [1.165, 1.54) is 11.3 Å². The van der Waals surface area contributed by atoms with Crippen LogP contribution in [0.15, 0.2) is 22.2 Å². The highest BCUT2D eigenvalue weighted by molar-refractivity contribution is 7.09. The number of nitrogens with zero attached hydrogens (tertiary/aromatic N) is 4. The van der Waals surface area contributed by atoms with Gasteiger partial charge in [-0.25, -0.2) is 4.98 Å². The van der Waals surface area contributed by atoms with Crippen LogP contribution in [-0.4, -0.2) is 57.2 Å². The highest BCUT2D eigenvalue weighted by Gasteiger charge is 2.21. The van der Waals surface area contributed by atoms with E-state index in [4.69, 9.17) is 4.52 Å². The third-order valence-electron chi connectivity index (χ3n) is 3.84. The van der Waals surface area contributed by atoms with Gasteiger partial charge in [0.25, 0.3) is 5.91 Å². The molecule has 7 nitrogen and oxygen atoms in total. The first-order valence-electron chi connectivity index (χ1n) is 7.61. The third kappa shape index (κ3) is 4.15. The van der Waals surface area contributed by atoms with Gasteiger partial charge < -0.3 is 14.5 Å². The molecule has 1 atom stereocenters. The molecular formula is C15H20N4O3S. The highest BCUT2D eigenvalue weighted by atomic mass is 32.1. The van der Waals surface area contributed by atoms with Crippen LogP contribution in [0.25, 0.3) is 0 Å². The number of carbonyl (C=O) groups excluding carboxylic acids is 1. The number of likely N-dealkylation sites (tertiary alicyclic amines) is 1. The minimum absolute atomic E-state index is 0.186. The molecule has 1 amide bonds. The summed E-state index contributed by atoms with van der Waals surface area (Å²) in [7, 11) is 1.72. The van der Waals surface area contributed by atoms with Gasteiger partial charge in [-0.1, -0.05) is 5.16 Å². The Morgan fingerprint density at radius 3 is 3.22 bits per heavy atom. The standard InChI is InChI=1S/C15H20N4O3S/c1-18(10-14-16-4-6-23-14)15(21)13-7-12(22-17-13)9-19-5-2-3-11(20)8-19/h4,6-7,11,20H,2-3,5,8-10H2,1H3/t11-/m1/s1. The van der Waals surface area contributed by atoms with Crippen molar-refractivity contribution >= 4 is 17.2 Å². The number of thiazole rings is 1. The van der Waals surface area contributed by atoms with Crippen molar-refractivity contribution in [3.8, 4) is 0 Å². The molecule has 2 aromatic rings. The van der Waals surface area contributed by atoms with Gasteiger partial charge in [0.15, 0.2) is 11.5 Å². The number of rotatable bonds is 5. The summed E-state index contributed by atoms with van der Waals surface area (Å²) in [4.78, 5) is 20.2. The molecule has 0 radical (unpaired) electrons. The summed E-state index contributed by atoms with van der Waals surface area (Å²) in [5, 5.41) is 16.3. The number of aliphatic hydroxyl groups excluding tert-OH is 1. The zero-order valence-corrected chi connectivity index (χ0v) is 13.8. The van der Waals surface area contributed by atoms with Crippen molar-refractivity contribution in [2.24, 2.45) is 0 Å². The van der Waals surface area contributed by atoms with Gasteiger partial charge in [0, 0.05) is 31.2 Å². The number of aliphatic hydroxyl groups is 1. The van der Waals surface area contributed by atoms with Crippen LogP contribution >= 0.6 is 11.3 Å². The highest BCUT2D eigenvalue weighted by Crippen LogP contribution is 2.15. The molecule has 0 saturated carbocycles. The molecule has 3 rings (SSSR count). The van der Waals surface area contributed by atoms with Crippen molar-refractivity contribution in [3.63, 3.8) is 0 Å². The zero-order chi connectivity index (χ0) is 16.2. The number of hydrogen-bond donors (Lipinski definition) is 1. The summed E-state index contributed by atoms with van der Waals surface area (Å²) < 4.78 is 5.28. The molecule has 2 aromatic heterocycles. The molecule has 0 aliphatic carbocycles. The van der Waals surface area contributed by atoms with Crippen LogP contribution in [0.1, 0.15) is 34.1 Å². The third-order valence-corrected chi connectivity index (χ3v) is 4.61. The Balaban J connectivity index is 1.58. The van der Waals surface area contributed by atoms with Crippen molar-refractivity contribution < 1.29 is 14.4 Å². The molecule has 0 bridgehead atoms. The van der Waals surface area contributed by atoms with Gasteiger partial charge in [0.1, 0.15) is 5.01 Å². The number of amides is 1. The maximum atomic E-state index is 12.4. The minimum atomic E-state index is -0.280. The number of hydrogen-bond acceptors (Lipinski definition) is 7. The lowest BCUT2D eigenvalue weighted by atomic mass is 10.1. The second-order valence-corrected chi connectivity index (χ2v) is 6.78. The SMILES string of the molecule is CN(Cc1nccs1)C(=O)c1cc(CN2CCC[C@@H](O)C2)on1. The van der Waals surface area contributed by atoms with Gasteiger partial charge in [-0.2, -0.15) is 0 Å². The molecule has 1 saturated heterocycles. The Morgan fingerprint density at radius 1 is 1.61 bits per heavy atom. The molecule has 0 aromatic carbocycles. The maximum absolute atomic E-state index is 12.4. The summed E-state index contributed by atoms with van der Waals surface area (Å²) in [5.74, 6) is 0.457. The molecule has 1 fully saturated rings. The zero-order valence-electron chi connectivity index (χ0n) is 13.0. The van der Waals surface area contributed by atoms with Gasteiger partial charge >= 0.3 is 0 Å². The summed E-state index contributed by atoms with van der Waals surface area (Å²) in [6.45, 7) is 2.57. The number of aromatic nitrogens is 2. The van der Waals surface area contributed by atoms with E-state index in [0.29, 0.717) is 31.1 Å². The summed E-state index contributed by atoms with van der Waals surface area (Å²) >= 11 is 1.51. The molecule has 1 aliphatic heterocycles. The lowest BCUT2D eigenvalue weighted by molar-refractivity contribution is 0.0622. The van der Waals surface area contributed by atoms with Crippen LogP contribution in [0.4, 0.5) is 0 Å². The predicted octanol–water partition coefficient (Wildman–Crippen LogP) is 1.36. The van der Waals surface area contributed by atoms with E-state index in [9.17, 15) is 9.90 Å². The second-order valence-electron chi connectivity index (χ2n) is 5.80. The van der Waals surface area contributed by atoms with Gasteiger partial charge in [0.05, 0.1) is 19.2 Å². The van der Waals surface area contributed by atoms with Gasteiger partial charge in [0.2, 0.25) is 0 Å². The van der Waals surface area contributed by atoms with E-state index in [0.717, 1.165) is 24.4 Å². The normalized spacial score (nSPS) is 19.0. The monoisotopic (exact) mass is 336 g/mol. The van der Waals surface area contributed by atoms with Crippen LogP contribution in [0.2, 0.25) is 0 Å². The molecule has 1 aliphatic rings. The smallest absolute Gasteiger partial charge is 0.276 e. The largest absolute Gasteiger partial charge is 0.392 e. The fourth-order valence-corrected chi connectivity index (χ4v) is 3.35.